The smallest absolute Gasteiger partial charge is 0.231 e. The number of aromatic nitrogens is 2. The van der Waals surface area contributed by atoms with Gasteiger partial charge >= 0.3 is 0 Å². The van der Waals surface area contributed by atoms with Gasteiger partial charge in [0.05, 0.1) is 22.6 Å². The molecule has 0 fully saturated rings. The topological polar surface area (TPSA) is 36.3 Å². The van der Waals surface area contributed by atoms with E-state index in [1.807, 2.05) is 22.8 Å². The van der Waals surface area contributed by atoms with Gasteiger partial charge in [0, 0.05) is 12.1 Å². The second-order valence-corrected chi connectivity index (χ2v) is 4.93. The summed E-state index contributed by atoms with van der Waals surface area (Å²) in [5, 5.41) is 0. The molecule has 2 aromatic carbocycles. The van der Waals surface area contributed by atoms with Gasteiger partial charge in [-0.3, -0.25) is 4.57 Å². The minimum absolute atomic E-state index is 0.219. The molecule has 0 saturated carbocycles. The number of hydrogen-bond acceptors (Lipinski definition) is 3. The van der Waals surface area contributed by atoms with Gasteiger partial charge in [-0.2, -0.15) is 0 Å². The molecule has 0 atom stereocenters. The van der Waals surface area contributed by atoms with Crippen molar-refractivity contribution >= 4 is 22.6 Å². The SMILES string of the molecule is Fc1ccc2c(c1)nc(CCl)n2-c1ccc2c(c1)OCO2. The highest BCUT2D eigenvalue weighted by Gasteiger charge is 2.17. The number of fused-ring (bicyclic) bond motifs is 2. The van der Waals surface area contributed by atoms with Crippen molar-refractivity contribution < 1.29 is 13.9 Å². The van der Waals surface area contributed by atoms with Crippen molar-refractivity contribution in [3.63, 3.8) is 0 Å². The van der Waals surface area contributed by atoms with Crippen molar-refractivity contribution in [3.8, 4) is 17.2 Å². The fraction of sp³-hybridized carbons (Fsp3) is 0.133. The molecule has 0 N–H and O–H groups in total. The fourth-order valence-corrected chi connectivity index (χ4v) is 2.68. The molecule has 1 aromatic heterocycles. The van der Waals surface area contributed by atoms with Crippen LogP contribution in [0, 0.1) is 5.82 Å². The first-order valence-corrected chi connectivity index (χ1v) is 6.92. The number of ether oxygens (including phenoxy) is 2. The van der Waals surface area contributed by atoms with Gasteiger partial charge < -0.3 is 9.47 Å². The maximum Gasteiger partial charge on any atom is 0.231 e. The van der Waals surface area contributed by atoms with E-state index in [2.05, 4.69) is 4.98 Å². The molecule has 0 bridgehead atoms. The molecular weight excluding hydrogens is 295 g/mol. The first-order valence-electron chi connectivity index (χ1n) is 6.39. The quantitative estimate of drug-likeness (QED) is 0.678. The molecule has 1 aliphatic rings. The molecule has 0 amide bonds. The summed E-state index contributed by atoms with van der Waals surface area (Å²) < 4.78 is 25.9. The lowest BCUT2D eigenvalue weighted by molar-refractivity contribution is 0.174. The molecule has 6 heteroatoms. The van der Waals surface area contributed by atoms with Gasteiger partial charge in [0.1, 0.15) is 11.6 Å². The van der Waals surface area contributed by atoms with Crippen LogP contribution >= 0.6 is 11.6 Å². The highest BCUT2D eigenvalue weighted by molar-refractivity contribution is 6.17. The first-order chi connectivity index (χ1) is 10.3. The zero-order valence-corrected chi connectivity index (χ0v) is 11.6. The summed E-state index contributed by atoms with van der Waals surface area (Å²) in [6.07, 6.45) is 0. The minimum atomic E-state index is -0.320. The van der Waals surface area contributed by atoms with Crippen molar-refractivity contribution in [3.05, 3.63) is 48.0 Å². The van der Waals surface area contributed by atoms with Crippen LogP contribution in [0.1, 0.15) is 5.82 Å². The number of halogens is 2. The average molecular weight is 305 g/mol. The van der Waals surface area contributed by atoms with Crippen molar-refractivity contribution in [2.24, 2.45) is 0 Å². The van der Waals surface area contributed by atoms with E-state index in [1.165, 1.54) is 12.1 Å². The van der Waals surface area contributed by atoms with Crippen LogP contribution in [0.25, 0.3) is 16.7 Å². The molecular formula is C15H10ClFN2O2. The largest absolute Gasteiger partial charge is 0.454 e. The van der Waals surface area contributed by atoms with Crippen molar-refractivity contribution in [2.45, 2.75) is 5.88 Å². The van der Waals surface area contributed by atoms with E-state index >= 15 is 0 Å². The lowest BCUT2D eigenvalue weighted by atomic mass is 10.2. The van der Waals surface area contributed by atoms with Gasteiger partial charge in [-0.25, -0.2) is 9.37 Å². The molecule has 2 heterocycles. The molecule has 4 rings (SSSR count). The van der Waals surface area contributed by atoms with Crippen LogP contribution in [0.2, 0.25) is 0 Å². The van der Waals surface area contributed by atoms with Crippen molar-refractivity contribution in [1.29, 1.82) is 0 Å². The van der Waals surface area contributed by atoms with Gasteiger partial charge in [0.25, 0.3) is 0 Å². The maximum absolute atomic E-state index is 13.3. The predicted octanol–water partition coefficient (Wildman–Crippen LogP) is 3.63. The van der Waals surface area contributed by atoms with Crippen molar-refractivity contribution in [2.75, 3.05) is 6.79 Å². The van der Waals surface area contributed by atoms with Crippen molar-refractivity contribution in [1.82, 2.24) is 9.55 Å². The number of alkyl halides is 1. The Morgan fingerprint density at radius 1 is 1.14 bits per heavy atom. The number of benzene rings is 2. The third-order valence-corrected chi connectivity index (χ3v) is 3.66. The van der Waals surface area contributed by atoms with E-state index in [9.17, 15) is 4.39 Å². The average Bonchev–Trinajstić information content (AvgIpc) is 3.09. The Bertz CT molecular complexity index is 847. The Kier molecular flexibility index (Phi) is 2.75. The Labute approximate surface area is 124 Å². The monoisotopic (exact) mass is 304 g/mol. The second-order valence-electron chi connectivity index (χ2n) is 4.67. The molecule has 0 unspecified atom stereocenters. The highest BCUT2D eigenvalue weighted by Crippen LogP contribution is 2.35. The Morgan fingerprint density at radius 2 is 2.00 bits per heavy atom. The summed E-state index contributed by atoms with van der Waals surface area (Å²) in [5.41, 5.74) is 2.22. The molecule has 0 radical (unpaired) electrons. The highest BCUT2D eigenvalue weighted by atomic mass is 35.5. The molecule has 0 saturated heterocycles. The minimum Gasteiger partial charge on any atom is -0.454 e. The normalized spacial score (nSPS) is 13.0. The fourth-order valence-electron chi connectivity index (χ4n) is 2.51. The third kappa shape index (κ3) is 1.93. The summed E-state index contributed by atoms with van der Waals surface area (Å²) >= 11 is 5.98. The molecule has 0 aliphatic carbocycles. The molecule has 4 nitrogen and oxygen atoms in total. The van der Waals surface area contributed by atoms with Crippen LogP contribution in [0.4, 0.5) is 4.39 Å². The standard InChI is InChI=1S/C15H10ClFN2O2/c16-7-15-18-11-5-9(17)1-3-12(11)19(15)10-2-4-13-14(6-10)21-8-20-13/h1-6H,7-8H2. The number of hydrogen-bond donors (Lipinski definition) is 0. The number of nitrogens with zero attached hydrogens (tertiary/aromatic N) is 2. The summed E-state index contributed by atoms with van der Waals surface area (Å²) in [5.74, 6) is 1.94. The van der Waals surface area contributed by atoms with E-state index in [-0.39, 0.29) is 18.5 Å². The van der Waals surface area contributed by atoms with E-state index in [1.54, 1.807) is 6.07 Å². The second kappa shape index (κ2) is 4.63. The van der Waals surface area contributed by atoms with Gasteiger partial charge in [-0.05, 0) is 24.3 Å². The van der Waals surface area contributed by atoms with Gasteiger partial charge in [0.2, 0.25) is 6.79 Å². The van der Waals surface area contributed by atoms with Crippen LogP contribution in [-0.2, 0) is 5.88 Å². The van der Waals surface area contributed by atoms with E-state index in [0.717, 1.165) is 11.2 Å². The molecule has 106 valence electrons. The molecule has 21 heavy (non-hydrogen) atoms. The summed E-state index contributed by atoms with van der Waals surface area (Å²) in [4.78, 5) is 4.38. The number of rotatable bonds is 2. The molecule has 1 aliphatic heterocycles. The van der Waals surface area contributed by atoms with Gasteiger partial charge in [-0.15, -0.1) is 11.6 Å². The van der Waals surface area contributed by atoms with Crippen LogP contribution < -0.4 is 9.47 Å². The van der Waals surface area contributed by atoms with Crippen LogP contribution in [0.15, 0.2) is 36.4 Å². The first kappa shape index (κ1) is 12.5. The Balaban J connectivity index is 1.96. The summed E-state index contributed by atoms with van der Waals surface area (Å²) in [7, 11) is 0. The molecule has 3 aromatic rings. The number of imidazole rings is 1. The zero-order chi connectivity index (χ0) is 14.4. The lowest BCUT2D eigenvalue weighted by Crippen LogP contribution is -1.99. The summed E-state index contributed by atoms with van der Waals surface area (Å²) in [6, 6.07) is 10.1. The van der Waals surface area contributed by atoms with E-state index in [0.29, 0.717) is 22.8 Å². The lowest BCUT2D eigenvalue weighted by Gasteiger charge is -2.08. The zero-order valence-electron chi connectivity index (χ0n) is 10.8. The van der Waals surface area contributed by atoms with E-state index < -0.39 is 0 Å². The van der Waals surface area contributed by atoms with Gasteiger partial charge in [-0.1, -0.05) is 0 Å². The Hall–Kier alpha value is -2.27. The van der Waals surface area contributed by atoms with Crippen LogP contribution in [0.3, 0.4) is 0 Å². The maximum atomic E-state index is 13.3. The predicted molar refractivity (Wildman–Crippen MR) is 76.7 cm³/mol. The molecule has 0 spiro atoms. The Morgan fingerprint density at radius 3 is 2.86 bits per heavy atom. The third-order valence-electron chi connectivity index (χ3n) is 3.42. The van der Waals surface area contributed by atoms with E-state index in [4.69, 9.17) is 21.1 Å². The summed E-state index contributed by atoms with van der Waals surface area (Å²) in [6.45, 7) is 0.219. The van der Waals surface area contributed by atoms with Gasteiger partial charge in [0.15, 0.2) is 11.5 Å². The van der Waals surface area contributed by atoms with Crippen LogP contribution in [0.5, 0.6) is 11.5 Å². The van der Waals surface area contributed by atoms with Crippen LogP contribution in [-0.4, -0.2) is 16.3 Å².